The molecule has 0 atom stereocenters. The zero-order valence-corrected chi connectivity index (χ0v) is 15.3. The van der Waals surface area contributed by atoms with Crippen molar-refractivity contribution in [3.05, 3.63) is 88.7 Å². The molecule has 5 rings (SSSR count). The number of hydrogen-bond donors (Lipinski definition) is 1. The Balaban J connectivity index is 1.52. The number of rotatable bonds is 3. The molecule has 28 heavy (non-hydrogen) atoms. The van der Waals surface area contributed by atoms with Crippen LogP contribution >= 0.6 is 0 Å². The third-order valence-electron chi connectivity index (χ3n) is 4.96. The second-order valence-electron chi connectivity index (χ2n) is 6.82. The maximum atomic E-state index is 12.7. The molecule has 5 aromatic rings. The summed E-state index contributed by atoms with van der Waals surface area (Å²) >= 11 is 0. The number of H-pyrrole nitrogens is 1. The standard InChI is InChI=1S/C22H17N5O/c1-14-18-8-7-17(11-20(18)26-25-14)16-5-2-4-15(10-16)12-27-13-24-21-19(22(27)28)6-3-9-23-21/h2-11,13H,12H2,1H3,(H,25,26). The highest BCUT2D eigenvalue weighted by atomic mass is 16.1. The topological polar surface area (TPSA) is 76.5 Å². The van der Waals surface area contributed by atoms with Crippen LogP contribution in [0, 0.1) is 6.92 Å². The van der Waals surface area contributed by atoms with Gasteiger partial charge in [0.2, 0.25) is 0 Å². The van der Waals surface area contributed by atoms with Crippen molar-refractivity contribution >= 4 is 21.9 Å². The minimum Gasteiger partial charge on any atom is -0.294 e. The first-order chi connectivity index (χ1) is 13.7. The van der Waals surface area contributed by atoms with Crippen LogP contribution in [0.4, 0.5) is 0 Å². The van der Waals surface area contributed by atoms with Gasteiger partial charge in [0, 0.05) is 11.6 Å². The third-order valence-corrected chi connectivity index (χ3v) is 4.96. The molecule has 136 valence electrons. The SMILES string of the molecule is Cc1n[nH]c2cc(-c3cccc(Cn4cnc5ncccc5c4=O)c3)ccc12. The lowest BCUT2D eigenvalue weighted by molar-refractivity contribution is 0.747. The molecular weight excluding hydrogens is 350 g/mol. The molecule has 0 radical (unpaired) electrons. The van der Waals surface area contributed by atoms with Gasteiger partial charge in [-0.3, -0.25) is 14.5 Å². The van der Waals surface area contributed by atoms with Crippen molar-refractivity contribution in [3.63, 3.8) is 0 Å². The Morgan fingerprint density at radius 2 is 1.86 bits per heavy atom. The van der Waals surface area contributed by atoms with E-state index in [1.54, 1.807) is 29.2 Å². The number of nitrogens with one attached hydrogen (secondary N) is 1. The summed E-state index contributed by atoms with van der Waals surface area (Å²) in [6, 6.07) is 18.0. The molecule has 0 unspecified atom stereocenters. The lowest BCUT2D eigenvalue weighted by Gasteiger charge is -2.09. The molecule has 0 aliphatic rings. The summed E-state index contributed by atoms with van der Waals surface area (Å²) in [5, 5.41) is 8.99. The van der Waals surface area contributed by atoms with E-state index in [1.165, 1.54) is 0 Å². The van der Waals surface area contributed by atoms with Crippen LogP contribution in [0.5, 0.6) is 0 Å². The number of fused-ring (bicyclic) bond motifs is 2. The Labute approximate surface area is 160 Å². The van der Waals surface area contributed by atoms with Crippen LogP contribution in [-0.4, -0.2) is 24.7 Å². The van der Waals surface area contributed by atoms with Crippen LogP contribution in [0.25, 0.3) is 33.1 Å². The number of pyridine rings is 1. The first-order valence-electron chi connectivity index (χ1n) is 9.03. The van der Waals surface area contributed by atoms with Crippen molar-refractivity contribution < 1.29 is 0 Å². The fourth-order valence-electron chi connectivity index (χ4n) is 3.49. The van der Waals surface area contributed by atoms with E-state index in [4.69, 9.17) is 0 Å². The average Bonchev–Trinajstić information content (AvgIpc) is 3.11. The molecule has 6 heteroatoms. The summed E-state index contributed by atoms with van der Waals surface area (Å²) in [6.07, 6.45) is 3.20. The predicted octanol–water partition coefficient (Wildman–Crippen LogP) is 3.69. The fourth-order valence-corrected chi connectivity index (χ4v) is 3.49. The molecule has 0 amide bonds. The summed E-state index contributed by atoms with van der Waals surface area (Å²) in [6.45, 7) is 2.44. The molecule has 1 N–H and O–H groups in total. The number of benzene rings is 2. The van der Waals surface area contributed by atoms with E-state index >= 15 is 0 Å². The van der Waals surface area contributed by atoms with Crippen molar-refractivity contribution in [1.29, 1.82) is 0 Å². The number of aromatic nitrogens is 5. The highest BCUT2D eigenvalue weighted by Gasteiger charge is 2.07. The van der Waals surface area contributed by atoms with Gasteiger partial charge in [0.05, 0.1) is 23.1 Å². The van der Waals surface area contributed by atoms with E-state index in [9.17, 15) is 4.79 Å². The van der Waals surface area contributed by atoms with Gasteiger partial charge in [0.25, 0.3) is 5.56 Å². The van der Waals surface area contributed by atoms with Crippen molar-refractivity contribution in [2.45, 2.75) is 13.5 Å². The molecule has 0 bridgehead atoms. The molecule has 0 spiro atoms. The molecule has 3 aromatic heterocycles. The number of aryl methyl sites for hydroxylation is 1. The molecule has 2 aromatic carbocycles. The molecule has 3 heterocycles. The van der Waals surface area contributed by atoms with Crippen LogP contribution in [-0.2, 0) is 6.54 Å². The van der Waals surface area contributed by atoms with Crippen LogP contribution in [0.3, 0.4) is 0 Å². The number of nitrogens with zero attached hydrogens (tertiary/aromatic N) is 4. The monoisotopic (exact) mass is 367 g/mol. The molecule has 0 aliphatic carbocycles. The van der Waals surface area contributed by atoms with Gasteiger partial charge < -0.3 is 0 Å². The second-order valence-corrected chi connectivity index (χ2v) is 6.82. The van der Waals surface area contributed by atoms with Gasteiger partial charge in [-0.15, -0.1) is 0 Å². The fraction of sp³-hybridized carbons (Fsp3) is 0.0909. The maximum absolute atomic E-state index is 12.7. The maximum Gasteiger partial charge on any atom is 0.263 e. The molecule has 0 aliphatic heterocycles. The Morgan fingerprint density at radius 3 is 2.79 bits per heavy atom. The minimum absolute atomic E-state index is 0.0853. The first kappa shape index (κ1) is 16.4. The minimum atomic E-state index is -0.0853. The van der Waals surface area contributed by atoms with E-state index in [2.05, 4.69) is 50.5 Å². The van der Waals surface area contributed by atoms with Gasteiger partial charge in [-0.05, 0) is 47.9 Å². The van der Waals surface area contributed by atoms with E-state index in [-0.39, 0.29) is 5.56 Å². The molecular formula is C22H17N5O. The van der Waals surface area contributed by atoms with Crippen LogP contribution in [0.15, 0.2) is 71.9 Å². The Morgan fingerprint density at radius 1 is 0.964 bits per heavy atom. The second kappa shape index (κ2) is 6.42. The average molecular weight is 367 g/mol. The summed E-state index contributed by atoms with van der Waals surface area (Å²) < 4.78 is 1.62. The van der Waals surface area contributed by atoms with Crippen molar-refractivity contribution in [2.24, 2.45) is 0 Å². The first-order valence-corrected chi connectivity index (χ1v) is 9.03. The van der Waals surface area contributed by atoms with Crippen LogP contribution < -0.4 is 5.56 Å². The third kappa shape index (κ3) is 2.75. The molecule has 6 nitrogen and oxygen atoms in total. The number of aromatic amines is 1. The molecule has 0 saturated heterocycles. The van der Waals surface area contributed by atoms with Gasteiger partial charge in [0.15, 0.2) is 5.65 Å². The summed E-state index contributed by atoms with van der Waals surface area (Å²) in [7, 11) is 0. The Bertz CT molecular complexity index is 1380. The van der Waals surface area contributed by atoms with Gasteiger partial charge >= 0.3 is 0 Å². The van der Waals surface area contributed by atoms with Crippen molar-refractivity contribution in [2.75, 3.05) is 0 Å². The van der Waals surface area contributed by atoms with Gasteiger partial charge in [-0.2, -0.15) is 5.10 Å². The van der Waals surface area contributed by atoms with E-state index in [1.807, 2.05) is 19.1 Å². The normalized spacial score (nSPS) is 11.3. The zero-order chi connectivity index (χ0) is 19.1. The highest BCUT2D eigenvalue weighted by molar-refractivity contribution is 5.86. The predicted molar refractivity (Wildman–Crippen MR) is 109 cm³/mol. The summed E-state index contributed by atoms with van der Waals surface area (Å²) in [5.41, 5.74) is 5.63. The van der Waals surface area contributed by atoms with Crippen molar-refractivity contribution in [1.82, 2.24) is 24.7 Å². The lowest BCUT2D eigenvalue weighted by Crippen LogP contribution is -2.21. The lowest BCUT2D eigenvalue weighted by atomic mass is 10.0. The quantitative estimate of drug-likeness (QED) is 0.528. The highest BCUT2D eigenvalue weighted by Crippen LogP contribution is 2.25. The van der Waals surface area contributed by atoms with E-state index < -0.39 is 0 Å². The summed E-state index contributed by atoms with van der Waals surface area (Å²) in [4.78, 5) is 21.1. The van der Waals surface area contributed by atoms with Crippen LogP contribution in [0.2, 0.25) is 0 Å². The van der Waals surface area contributed by atoms with E-state index in [0.29, 0.717) is 17.6 Å². The van der Waals surface area contributed by atoms with Gasteiger partial charge in [0.1, 0.15) is 6.33 Å². The number of hydrogen-bond acceptors (Lipinski definition) is 4. The Kier molecular flexibility index (Phi) is 3.76. The van der Waals surface area contributed by atoms with Gasteiger partial charge in [-0.1, -0.05) is 30.3 Å². The van der Waals surface area contributed by atoms with Gasteiger partial charge in [-0.25, -0.2) is 9.97 Å². The smallest absolute Gasteiger partial charge is 0.263 e. The van der Waals surface area contributed by atoms with Crippen molar-refractivity contribution in [3.8, 4) is 11.1 Å². The molecule has 0 fully saturated rings. The molecule has 0 saturated carbocycles. The Hall–Kier alpha value is -3.80. The summed E-state index contributed by atoms with van der Waals surface area (Å²) in [5.74, 6) is 0. The zero-order valence-electron chi connectivity index (χ0n) is 15.3. The largest absolute Gasteiger partial charge is 0.294 e. The van der Waals surface area contributed by atoms with Crippen LogP contribution in [0.1, 0.15) is 11.3 Å². The van der Waals surface area contributed by atoms with E-state index in [0.717, 1.165) is 33.3 Å².